The Hall–Kier alpha value is -0.990. The van der Waals surface area contributed by atoms with Gasteiger partial charge in [-0.05, 0) is 6.92 Å². The SMILES string of the molecule is COC1=[C]C(=O)OC(C)C1. The van der Waals surface area contributed by atoms with Crippen LogP contribution < -0.4 is 0 Å². The van der Waals surface area contributed by atoms with Crippen LogP contribution in [0.5, 0.6) is 0 Å². The van der Waals surface area contributed by atoms with Gasteiger partial charge in [0, 0.05) is 6.42 Å². The molecular formula is C7H9O3. The van der Waals surface area contributed by atoms with Crippen molar-refractivity contribution in [2.24, 2.45) is 0 Å². The smallest absolute Gasteiger partial charge is 0.342 e. The van der Waals surface area contributed by atoms with E-state index in [1.807, 2.05) is 6.92 Å². The van der Waals surface area contributed by atoms with E-state index in [2.05, 4.69) is 6.08 Å². The summed E-state index contributed by atoms with van der Waals surface area (Å²) in [5.41, 5.74) is 0. The number of methoxy groups -OCH3 is 1. The van der Waals surface area contributed by atoms with Gasteiger partial charge in [0.1, 0.15) is 17.9 Å². The fourth-order valence-corrected chi connectivity index (χ4v) is 0.814. The summed E-state index contributed by atoms with van der Waals surface area (Å²) in [6.45, 7) is 1.82. The predicted octanol–water partition coefficient (Wildman–Crippen LogP) is 0.655. The van der Waals surface area contributed by atoms with Gasteiger partial charge in [0.25, 0.3) is 0 Å². The van der Waals surface area contributed by atoms with Crippen molar-refractivity contribution >= 4 is 5.97 Å². The molecular weight excluding hydrogens is 132 g/mol. The molecule has 55 valence electrons. The van der Waals surface area contributed by atoms with Crippen molar-refractivity contribution in [2.45, 2.75) is 19.4 Å². The van der Waals surface area contributed by atoms with E-state index in [4.69, 9.17) is 9.47 Å². The molecule has 10 heavy (non-hydrogen) atoms. The Morgan fingerprint density at radius 2 is 2.50 bits per heavy atom. The fourth-order valence-electron chi connectivity index (χ4n) is 0.814. The van der Waals surface area contributed by atoms with Gasteiger partial charge in [-0.1, -0.05) is 0 Å². The molecule has 1 atom stereocenters. The molecule has 1 unspecified atom stereocenters. The van der Waals surface area contributed by atoms with Crippen molar-refractivity contribution in [3.05, 3.63) is 11.8 Å². The molecule has 0 aliphatic carbocycles. The number of carbonyl (C=O) groups excluding carboxylic acids is 1. The minimum absolute atomic E-state index is 0.0799. The van der Waals surface area contributed by atoms with Gasteiger partial charge in [-0.2, -0.15) is 0 Å². The predicted molar refractivity (Wildman–Crippen MR) is 33.9 cm³/mol. The molecule has 1 rings (SSSR count). The molecule has 1 aliphatic heterocycles. The number of carbonyl (C=O) groups is 1. The summed E-state index contributed by atoms with van der Waals surface area (Å²) in [5, 5.41) is 0. The highest BCUT2D eigenvalue weighted by molar-refractivity contribution is 5.78. The van der Waals surface area contributed by atoms with E-state index in [1.165, 1.54) is 7.11 Å². The minimum atomic E-state index is -0.435. The van der Waals surface area contributed by atoms with Crippen LogP contribution in [0.2, 0.25) is 0 Å². The lowest BCUT2D eigenvalue weighted by Gasteiger charge is -2.17. The number of esters is 1. The largest absolute Gasteiger partial charge is 0.500 e. The standard InChI is InChI=1S/C7H9O3/c1-5-3-6(9-2)4-7(8)10-5/h5H,3H2,1-2H3. The minimum Gasteiger partial charge on any atom is -0.500 e. The van der Waals surface area contributed by atoms with Crippen LogP contribution in [-0.4, -0.2) is 19.2 Å². The lowest BCUT2D eigenvalue weighted by molar-refractivity contribution is -0.145. The number of hydrogen-bond donors (Lipinski definition) is 0. The Kier molecular flexibility index (Phi) is 1.94. The molecule has 0 saturated heterocycles. The third-order valence-corrected chi connectivity index (χ3v) is 1.27. The summed E-state index contributed by atoms with van der Waals surface area (Å²) in [6, 6.07) is 0. The molecule has 0 aromatic carbocycles. The maximum Gasteiger partial charge on any atom is 0.342 e. The lowest BCUT2D eigenvalue weighted by Crippen LogP contribution is -2.20. The number of rotatable bonds is 1. The second-order valence-corrected chi connectivity index (χ2v) is 2.17. The van der Waals surface area contributed by atoms with E-state index < -0.39 is 5.97 Å². The van der Waals surface area contributed by atoms with Gasteiger partial charge >= 0.3 is 5.97 Å². The Labute approximate surface area is 59.6 Å². The molecule has 3 heteroatoms. The molecule has 0 N–H and O–H groups in total. The first-order valence-corrected chi connectivity index (χ1v) is 3.10. The Morgan fingerprint density at radius 1 is 1.80 bits per heavy atom. The van der Waals surface area contributed by atoms with Gasteiger partial charge in [-0.3, -0.25) is 0 Å². The monoisotopic (exact) mass is 141 g/mol. The maximum atomic E-state index is 10.6. The highest BCUT2D eigenvalue weighted by atomic mass is 16.5. The second kappa shape index (κ2) is 2.73. The third-order valence-electron chi connectivity index (χ3n) is 1.27. The molecule has 0 spiro atoms. The second-order valence-electron chi connectivity index (χ2n) is 2.17. The third kappa shape index (κ3) is 1.50. The molecule has 0 saturated carbocycles. The maximum absolute atomic E-state index is 10.6. The molecule has 0 bridgehead atoms. The highest BCUT2D eigenvalue weighted by Crippen LogP contribution is 2.13. The van der Waals surface area contributed by atoms with E-state index in [1.54, 1.807) is 0 Å². The van der Waals surface area contributed by atoms with Crippen LogP contribution >= 0.6 is 0 Å². The van der Waals surface area contributed by atoms with Gasteiger partial charge in [0.05, 0.1) is 7.11 Å². The highest BCUT2D eigenvalue weighted by Gasteiger charge is 2.18. The van der Waals surface area contributed by atoms with E-state index in [0.717, 1.165) is 0 Å². The fraction of sp³-hybridized carbons (Fsp3) is 0.571. The van der Waals surface area contributed by atoms with Gasteiger partial charge in [-0.25, -0.2) is 4.79 Å². The van der Waals surface area contributed by atoms with Crippen molar-refractivity contribution in [1.82, 2.24) is 0 Å². The summed E-state index contributed by atoms with van der Waals surface area (Å²) >= 11 is 0. The summed E-state index contributed by atoms with van der Waals surface area (Å²) in [6.07, 6.45) is 2.98. The summed E-state index contributed by atoms with van der Waals surface area (Å²) < 4.78 is 9.60. The normalized spacial score (nSPS) is 25.2. The van der Waals surface area contributed by atoms with Crippen LogP contribution in [-0.2, 0) is 14.3 Å². The van der Waals surface area contributed by atoms with Gasteiger partial charge in [-0.15, -0.1) is 0 Å². The zero-order valence-electron chi connectivity index (χ0n) is 6.01. The van der Waals surface area contributed by atoms with E-state index in [9.17, 15) is 4.79 Å². The first-order valence-electron chi connectivity index (χ1n) is 3.10. The van der Waals surface area contributed by atoms with Crippen molar-refractivity contribution in [2.75, 3.05) is 7.11 Å². The molecule has 3 nitrogen and oxygen atoms in total. The zero-order valence-corrected chi connectivity index (χ0v) is 6.01. The average Bonchev–Trinajstić information content (AvgIpc) is 1.85. The molecule has 0 amide bonds. The topological polar surface area (TPSA) is 35.5 Å². The van der Waals surface area contributed by atoms with Crippen LogP contribution in [0.1, 0.15) is 13.3 Å². The van der Waals surface area contributed by atoms with Crippen molar-refractivity contribution in [3.63, 3.8) is 0 Å². The van der Waals surface area contributed by atoms with Crippen molar-refractivity contribution in [3.8, 4) is 0 Å². The summed E-state index contributed by atoms with van der Waals surface area (Å²) in [5.74, 6) is 0.138. The number of ether oxygens (including phenoxy) is 2. The summed E-state index contributed by atoms with van der Waals surface area (Å²) in [7, 11) is 1.52. The van der Waals surface area contributed by atoms with Crippen LogP contribution in [0.4, 0.5) is 0 Å². The quantitative estimate of drug-likeness (QED) is 0.503. The lowest BCUT2D eigenvalue weighted by atomic mass is 10.2. The first kappa shape index (κ1) is 7.12. The molecule has 1 heterocycles. The Morgan fingerprint density at radius 3 is 3.00 bits per heavy atom. The molecule has 0 aromatic rings. The van der Waals surface area contributed by atoms with Crippen LogP contribution in [0.15, 0.2) is 5.76 Å². The van der Waals surface area contributed by atoms with Crippen molar-refractivity contribution in [1.29, 1.82) is 0 Å². The van der Waals surface area contributed by atoms with Crippen molar-refractivity contribution < 1.29 is 14.3 Å². The van der Waals surface area contributed by atoms with Crippen LogP contribution in [0, 0.1) is 6.08 Å². The Balaban J connectivity index is 2.65. The van der Waals surface area contributed by atoms with Gasteiger partial charge in [0.15, 0.2) is 0 Å². The van der Waals surface area contributed by atoms with Gasteiger partial charge in [0.2, 0.25) is 0 Å². The molecule has 0 fully saturated rings. The number of hydrogen-bond acceptors (Lipinski definition) is 3. The van der Waals surface area contributed by atoms with Gasteiger partial charge < -0.3 is 9.47 Å². The van der Waals surface area contributed by atoms with E-state index >= 15 is 0 Å². The molecule has 0 aromatic heterocycles. The molecule has 1 aliphatic rings. The van der Waals surface area contributed by atoms with E-state index in [-0.39, 0.29) is 6.10 Å². The van der Waals surface area contributed by atoms with E-state index in [0.29, 0.717) is 12.2 Å². The summed E-state index contributed by atoms with van der Waals surface area (Å²) in [4.78, 5) is 10.6. The first-order chi connectivity index (χ1) is 4.72. The Bertz CT molecular complexity index is 172. The number of cyclic esters (lactones) is 1. The van der Waals surface area contributed by atoms with Crippen LogP contribution in [0.25, 0.3) is 0 Å². The molecule has 1 radical (unpaired) electrons. The zero-order chi connectivity index (χ0) is 7.56. The average molecular weight is 141 g/mol. The van der Waals surface area contributed by atoms with Crippen LogP contribution in [0.3, 0.4) is 0 Å².